The Morgan fingerprint density at radius 2 is 1.62 bits per heavy atom. The molecule has 1 unspecified atom stereocenters. The number of hydrogen-bond donors (Lipinski definition) is 0. The van der Waals surface area contributed by atoms with Crippen molar-refractivity contribution in [2.24, 2.45) is 5.10 Å². The summed E-state index contributed by atoms with van der Waals surface area (Å²) in [5.74, 6) is -0.214. The third-order valence-electron chi connectivity index (χ3n) is 4.88. The van der Waals surface area contributed by atoms with E-state index < -0.39 is 0 Å². The van der Waals surface area contributed by atoms with E-state index >= 15 is 0 Å². The molecule has 3 aromatic rings. The average molecular weight is 344 g/mol. The van der Waals surface area contributed by atoms with Crippen LogP contribution in [-0.4, -0.2) is 5.71 Å². The lowest BCUT2D eigenvalue weighted by Gasteiger charge is -2.23. The number of para-hydroxylation sites is 1. The summed E-state index contributed by atoms with van der Waals surface area (Å²) >= 11 is 0. The van der Waals surface area contributed by atoms with Crippen LogP contribution in [0.15, 0.2) is 84.0 Å². The van der Waals surface area contributed by atoms with Gasteiger partial charge < -0.3 is 0 Å². The smallest absolute Gasteiger partial charge is 0.123 e. The standard InChI is InChI=1S/C23H21FN2/c1-2-17-8-10-18(11-9-17)22-16-23(19-12-14-20(24)15-13-19)26(25-22)21-6-4-3-5-7-21/h3-15,23H,2,16H2,1H3. The Balaban J connectivity index is 1.71. The highest BCUT2D eigenvalue weighted by Gasteiger charge is 2.29. The van der Waals surface area contributed by atoms with Gasteiger partial charge >= 0.3 is 0 Å². The molecule has 26 heavy (non-hydrogen) atoms. The van der Waals surface area contributed by atoms with Crippen LogP contribution in [0.1, 0.15) is 36.1 Å². The maximum absolute atomic E-state index is 13.4. The van der Waals surface area contributed by atoms with E-state index in [4.69, 9.17) is 5.10 Å². The number of rotatable bonds is 4. The first kappa shape index (κ1) is 16.5. The van der Waals surface area contributed by atoms with Gasteiger partial charge in [0.1, 0.15) is 5.82 Å². The summed E-state index contributed by atoms with van der Waals surface area (Å²) in [6, 6.07) is 25.6. The summed E-state index contributed by atoms with van der Waals surface area (Å²) in [6.45, 7) is 2.16. The van der Waals surface area contributed by atoms with Crippen molar-refractivity contribution in [2.45, 2.75) is 25.8 Å². The fourth-order valence-electron chi connectivity index (χ4n) is 3.38. The zero-order chi connectivity index (χ0) is 17.9. The number of aryl methyl sites for hydroxylation is 1. The second-order valence-corrected chi connectivity index (χ2v) is 6.55. The quantitative estimate of drug-likeness (QED) is 0.589. The van der Waals surface area contributed by atoms with Crippen LogP contribution in [0, 0.1) is 5.82 Å². The van der Waals surface area contributed by atoms with Gasteiger partial charge in [0, 0.05) is 6.42 Å². The molecule has 1 atom stereocenters. The molecule has 0 saturated heterocycles. The molecule has 0 saturated carbocycles. The molecule has 4 rings (SSSR count). The first-order valence-electron chi connectivity index (χ1n) is 9.01. The second kappa shape index (κ2) is 7.12. The van der Waals surface area contributed by atoms with Crippen LogP contribution >= 0.6 is 0 Å². The zero-order valence-electron chi connectivity index (χ0n) is 14.8. The predicted molar refractivity (Wildman–Crippen MR) is 105 cm³/mol. The van der Waals surface area contributed by atoms with Crippen LogP contribution in [0.5, 0.6) is 0 Å². The van der Waals surface area contributed by atoms with Crippen molar-refractivity contribution in [3.05, 3.63) is 101 Å². The van der Waals surface area contributed by atoms with E-state index in [1.807, 2.05) is 30.3 Å². The fraction of sp³-hybridized carbons (Fsp3) is 0.174. The molecule has 0 aromatic heterocycles. The Labute approximate surface area is 153 Å². The average Bonchev–Trinajstić information content (AvgIpc) is 3.15. The largest absolute Gasteiger partial charge is 0.257 e. The van der Waals surface area contributed by atoms with Gasteiger partial charge in [-0.2, -0.15) is 5.10 Å². The zero-order valence-corrected chi connectivity index (χ0v) is 14.8. The van der Waals surface area contributed by atoms with E-state index in [9.17, 15) is 4.39 Å². The molecule has 0 N–H and O–H groups in total. The third kappa shape index (κ3) is 3.25. The lowest BCUT2D eigenvalue weighted by molar-refractivity contribution is 0.624. The van der Waals surface area contributed by atoms with Crippen LogP contribution < -0.4 is 5.01 Å². The molecule has 0 radical (unpaired) electrons. The van der Waals surface area contributed by atoms with Crippen LogP contribution in [0.2, 0.25) is 0 Å². The molecule has 0 aliphatic carbocycles. The third-order valence-corrected chi connectivity index (χ3v) is 4.88. The topological polar surface area (TPSA) is 15.6 Å². The van der Waals surface area contributed by atoms with Crippen LogP contribution in [0.3, 0.4) is 0 Å². The predicted octanol–water partition coefficient (Wildman–Crippen LogP) is 5.74. The Morgan fingerprint density at radius 1 is 0.923 bits per heavy atom. The monoisotopic (exact) mass is 344 g/mol. The molecule has 0 spiro atoms. The van der Waals surface area contributed by atoms with Gasteiger partial charge in [-0.05, 0) is 47.4 Å². The maximum Gasteiger partial charge on any atom is 0.123 e. The highest BCUT2D eigenvalue weighted by atomic mass is 19.1. The molecule has 1 heterocycles. The fourth-order valence-corrected chi connectivity index (χ4v) is 3.38. The number of hydrogen-bond acceptors (Lipinski definition) is 2. The van der Waals surface area contributed by atoms with Gasteiger partial charge in [-0.3, -0.25) is 5.01 Å². The minimum absolute atomic E-state index is 0.0684. The first-order valence-corrected chi connectivity index (χ1v) is 9.01. The van der Waals surface area contributed by atoms with Crippen LogP contribution in [0.25, 0.3) is 0 Å². The van der Waals surface area contributed by atoms with Crippen molar-refractivity contribution in [3.8, 4) is 0 Å². The van der Waals surface area contributed by atoms with Crippen molar-refractivity contribution in [1.29, 1.82) is 0 Å². The van der Waals surface area contributed by atoms with Gasteiger partial charge in [-0.25, -0.2) is 4.39 Å². The van der Waals surface area contributed by atoms with Crippen LogP contribution in [0.4, 0.5) is 10.1 Å². The molecular weight excluding hydrogens is 323 g/mol. The van der Waals surface area contributed by atoms with E-state index in [1.54, 1.807) is 0 Å². The summed E-state index contributed by atoms with van der Waals surface area (Å²) < 4.78 is 13.4. The minimum Gasteiger partial charge on any atom is -0.257 e. The summed E-state index contributed by atoms with van der Waals surface area (Å²) in [5, 5.41) is 6.97. The number of halogens is 1. The number of nitrogens with zero attached hydrogens (tertiary/aromatic N) is 2. The van der Waals surface area contributed by atoms with Crippen molar-refractivity contribution >= 4 is 11.4 Å². The minimum atomic E-state index is -0.214. The summed E-state index contributed by atoms with van der Waals surface area (Å²) in [6.07, 6.45) is 1.83. The SMILES string of the molecule is CCc1ccc(C2=NN(c3ccccc3)C(c3ccc(F)cc3)C2)cc1. The van der Waals surface area contributed by atoms with Gasteiger partial charge in [0.15, 0.2) is 0 Å². The van der Waals surface area contributed by atoms with Crippen molar-refractivity contribution < 1.29 is 4.39 Å². The second-order valence-electron chi connectivity index (χ2n) is 6.55. The highest BCUT2D eigenvalue weighted by molar-refractivity contribution is 6.03. The lowest BCUT2D eigenvalue weighted by atomic mass is 9.97. The summed E-state index contributed by atoms with van der Waals surface area (Å²) in [4.78, 5) is 0. The molecule has 0 fully saturated rings. The summed E-state index contributed by atoms with van der Waals surface area (Å²) in [7, 11) is 0. The molecule has 3 heteroatoms. The molecule has 1 aliphatic rings. The van der Waals surface area contributed by atoms with Gasteiger partial charge in [0.2, 0.25) is 0 Å². The number of hydrazone groups is 1. The normalized spacial score (nSPS) is 16.6. The number of benzene rings is 3. The molecule has 3 aromatic carbocycles. The Bertz CT molecular complexity index is 899. The number of anilines is 1. The van der Waals surface area contributed by atoms with Crippen molar-refractivity contribution in [2.75, 3.05) is 5.01 Å². The molecule has 2 nitrogen and oxygen atoms in total. The molecule has 1 aliphatic heterocycles. The van der Waals surface area contributed by atoms with Crippen LogP contribution in [-0.2, 0) is 6.42 Å². The molecule has 0 amide bonds. The van der Waals surface area contributed by atoms with E-state index in [2.05, 4.69) is 48.3 Å². The Morgan fingerprint density at radius 3 is 2.27 bits per heavy atom. The van der Waals surface area contributed by atoms with Gasteiger partial charge in [0.25, 0.3) is 0 Å². The van der Waals surface area contributed by atoms with E-state index in [0.717, 1.165) is 35.4 Å². The maximum atomic E-state index is 13.4. The van der Waals surface area contributed by atoms with E-state index in [1.165, 1.54) is 17.7 Å². The summed E-state index contributed by atoms with van der Waals surface area (Å²) in [5.41, 5.74) is 5.64. The molecule has 130 valence electrons. The first-order chi connectivity index (χ1) is 12.7. The Kier molecular flexibility index (Phi) is 4.53. The van der Waals surface area contributed by atoms with Gasteiger partial charge in [0.05, 0.1) is 17.4 Å². The molecular formula is C23H21FN2. The molecule has 0 bridgehead atoms. The lowest BCUT2D eigenvalue weighted by Crippen LogP contribution is -2.18. The van der Waals surface area contributed by atoms with E-state index in [0.29, 0.717) is 0 Å². The Hall–Kier alpha value is -2.94. The van der Waals surface area contributed by atoms with Gasteiger partial charge in [-0.1, -0.05) is 61.5 Å². The van der Waals surface area contributed by atoms with Crippen molar-refractivity contribution in [1.82, 2.24) is 0 Å². The highest BCUT2D eigenvalue weighted by Crippen LogP contribution is 2.36. The van der Waals surface area contributed by atoms with Gasteiger partial charge in [-0.15, -0.1) is 0 Å². The van der Waals surface area contributed by atoms with E-state index in [-0.39, 0.29) is 11.9 Å². The van der Waals surface area contributed by atoms with Crippen molar-refractivity contribution in [3.63, 3.8) is 0 Å².